The van der Waals surface area contributed by atoms with Crippen LogP contribution in [0.25, 0.3) is 22.2 Å². The summed E-state index contributed by atoms with van der Waals surface area (Å²) in [5.74, 6) is -0.167. The standard InChI is InChI=1S/C30H32N4O4S/c1-5-37-21-12-10-20(11-13-21)26-17-39-30(32-26)33-28(35)19(4)38-29(36)27-22-8-6-7-9-24(22)31-25-14-15-34(18(2)3)16-23(25)27/h6-13,17-19H,5,14-16H2,1-4H3,(H,32,33,35). The maximum absolute atomic E-state index is 13.6. The van der Waals surface area contributed by atoms with E-state index in [4.69, 9.17) is 14.5 Å². The van der Waals surface area contributed by atoms with Crippen LogP contribution in [0.4, 0.5) is 5.13 Å². The van der Waals surface area contributed by atoms with Crippen molar-refractivity contribution in [2.75, 3.05) is 18.5 Å². The fraction of sp³-hybridized carbons (Fsp3) is 0.333. The van der Waals surface area contributed by atoms with E-state index in [0.717, 1.165) is 52.1 Å². The number of fused-ring (bicyclic) bond motifs is 2. The summed E-state index contributed by atoms with van der Waals surface area (Å²) in [4.78, 5) is 38.2. The van der Waals surface area contributed by atoms with Crippen molar-refractivity contribution in [2.24, 2.45) is 0 Å². The number of thiazole rings is 1. The number of pyridine rings is 1. The Morgan fingerprint density at radius 3 is 2.59 bits per heavy atom. The van der Waals surface area contributed by atoms with Gasteiger partial charge in [-0.2, -0.15) is 0 Å². The minimum atomic E-state index is -1.01. The SMILES string of the molecule is CCOc1ccc(-c2csc(NC(=O)C(C)OC(=O)c3c4c(nc5ccccc35)CCN(C(C)C)C4)n2)cc1. The fourth-order valence-electron chi connectivity index (χ4n) is 4.72. The van der Waals surface area contributed by atoms with E-state index in [2.05, 4.69) is 29.0 Å². The Labute approximate surface area is 232 Å². The zero-order valence-corrected chi connectivity index (χ0v) is 23.4. The number of rotatable bonds is 8. The molecule has 1 aliphatic rings. The van der Waals surface area contributed by atoms with Crippen molar-refractivity contribution in [3.05, 3.63) is 70.7 Å². The summed E-state index contributed by atoms with van der Waals surface area (Å²) in [7, 11) is 0. The van der Waals surface area contributed by atoms with Gasteiger partial charge in [0.25, 0.3) is 5.91 Å². The van der Waals surface area contributed by atoms with Crippen molar-refractivity contribution in [3.63, 3.8) is 0 Å². The summed E-state index contributed by atoms with van der Waals surface area (Å²) in [6.07, 6.45) is -0.252. The van der Waals surface area contributed by atoms with E-state index < -0.39 is 18.0 Å². The van der Waals surface area contributed by atoms with Crippen molar-refractivity contribution in [3.8, 4) is 17.0 Å². The van der Waals surface area contributed by atoms with Gasteiger partial charge in [-0.1, -0.05) is 18.2 Å². The smallest absolute Gasteiger partial charge is 0.339 e. The normalized spacial score (nSPS) is 14.2. The molecule has 0 saturated heterocycles. The first-order valence-corrected chi connectivity index (χ1v) is 14.1. The molecule has 1 N–H and O–H groups in total. The summed E-state index contributed by atoms with van der Waals surface area (Å²) in [5.41, 5.74) is 4.70. The summed E-state index contributed by atoms with van der Waals surface area (Å²) >= 11 is 1.31. The number of nitrogens with one attached hydrogen (secondary N) is 1. The number of carbonyl (C=O) groups excluding carboxylic acids is 2. The van der Waals surface area contributed by atoms with Gasteiger partial charge in [-0.3, -0.25) is 20.0 Å². The maximum Gasteiger partial charge on any atom is 0.339 e. The van der Waals surface area contributed by atoms with Gasteiger partial charge in [0.2, 0.25) is 0 Å². The molecule has 0 radical (unpaired) electrons. The molecular formula is C30H32N4O4S. The Hall–Kier alpha value is -3.82. The highest BCUT2D eigenvalue weighted by Gasteiger charge is 2.29. The van der Waals surface area contributed by atoms with Gasteiger partial charge < -0.3 is 9.47 Å². The third-order valence-electron chi connectivity index (χ3n) is 6.86. The van der Waals surface area contributed by atoms with Crippen LogP contribution < -0.4 is 10.1 Å². The van der Waals surface area contributed by atoms with Gasteiger partial charge >= 0.3 is 5.97 Å². The second-order valence-electron chi connectivity index (χ2n) is 9.78. The molecule has 2 aromatic heterocycles. The first-order valence-electron chi connectivity index (χ1n) is 13.2. The second kappa shape index (κ2) is 11.5. The molecule has 0 spiro atoms. The summed E-state index contributed by atoms with van der Waals surface area (Å²) < 4.78 is 11.2. The highest BCUT2D eigenvalue weighted by Crippen LogP contribution is 2.30. The molecule has 4 aromatic rings. The van der Waals surface area contributed by atoms with E-state index in [-0.39, 0.29) is 0 Å². The zero-order valence-electron chi connectivity index (χ0n) is 22.6. The number of hydrogen-bond donors (Lipinski definition) is 1. The summed E-state index contributed by atoms with van der Waals surface area (Å²) in [6, 6.07) is 15.6. The number of amides is 1. The molecule has 0 fully saturated rings. The minimum absolute atomic E-state index is 0.337. The van der Waals surface area contributed by atoms with Crippen LogP contribution in [-0.4, -0.2) is 52.0 Å². The van der Waals surface area contributed by atoms with E-state index in [9.17, 15) is 9.59 Å². The molecule has 9 heteroatoms. The fourth-order valence-corrected chi connectivity index (χ4v) is 5.44. The topological polar surface area (TPSA) is 93.6 Å². The first-order chi connectivity index (χ1) is 18.8. The average molecular weight is 545 g/mol. The third-order valence-corrected chi connectivity index (χ3v) is 7.62. The van der Waals surface area contributed by atoms with E-state index in [1.54, 1.807) is 6.92 Å². The number of esters is 1. The molecule has 1 aliphatic heterocycles. The van der Waals surface area contributed by atoms with Crippen LogP contribution in [-0.2, 0) is 22.5 Å². The lowest BCUT2D eigenvalue weighted by Gasteiger charge is -2.32. The molecule has 3 heterocycles. The van der Waals surface area contributed by atoms with Crippen LogP contribution in [0.1, 0.15) is 49.3 Å². The lowest BCUT2D eigenvalue weighted by Crippen LogP contribution is -2.37. The quantitative estimate of drug-likeness (QED) is 0.284. The minimum Gasteiger partial charge on any atom is -0.494 e. The number of nitrogens with zero attached hydrogens (tertiary/aromatic N) is 3. The number of benzene rings is 2. The van der Waals surface area contributed by atoms with Crippen LogP contribution >= 0.6 is 11.3 Å². The lowest BCUT2D eigenvalue weighted by atomic mass is 9.95. The second-order valence-corrected chi connectivity index (χ2v) is 10.6. The van der Waals surface area contributed by atoms with Crippen LogP contribution in [0.3, 0.4) is 0 Å². The Balaban J connectivity index is 1.32. The first kappa shape index (κ1) is 26.8. The number of hydrogen-bond acceptors (Lipinski definition) is 8. The van der Waals surface area contributed by atoms with Crippen LogP contribution in [0.15, 0.2) is 53.9 Å². The average Bonchev–Trinajstić information content (AvgIpc) is 3.40. The Bertz CT molecular complexity index is 1500. The predicted octanol–water partition coefficient (Wildman–Crippen LogP) is 5.71. The molecule has 1 unspecified atom stereocenters. The van der Waals surface area contributed by atoms with Crippen molar-refractivity contribution in [1.82, 2.24) is 14.9 Å². The number of carbonyl (C=O) groups is 2. The zero-order chi connectivity index (χ0) is 27.5. The monoisotopic (exact) mass is 544 g/mol. The van der Waals surface area contributed by atoms with Gasteiger partial charge in [0.05, 0.1) is 23.4 Å². The van der Waals surface area contributed by atoms with Gasteiger partial charge in [-0.25, -0.2) is 9.78 Å². The molecular weight excluding hydrogens is 512 g/mol. The molecule has 1 amide bonds. The van der Waals surface area contributed by atoms with Gasteiger partial charge in [-0.05, 0) is 58.0 Å². The number of para-hydroxylation sites is 1. The number of aromatic nitrogens is 2. The van der Waals surface area contributed by atoms with Gasteiger partial charge in [0.1, 0.15) is 5.75 Å². The number of ether oxygens (including phenoxy) is 2. The van der Waals surface area contributed by atoms with Crippen molar-refractivity contribution in [1.29, 1.82) is 0 Å². The van der Waals surface area contributed by atoms with E-state index in [0.29, 0.717) is 29.9 Å². The summed E-state index contributed by atoms with van der Waals surface area (Å²) in [5, 5.41) is 5.83. The highest BCUT2D eigenvalue weighted by molar-refractivity contribution is 7.14. The van der Waals surface area contributed by atoms with Gasteiger partial charge in [-0.15, -0.1) is 11.3 Å². The van der Waals surface area contributed by atoms with E-state index in [1.807, 2.05) is 60.8 Å². The molecule has 202 valence electrons. The van der Waals surface area contributed by atoms with Crippen LogP contribution in [0.2, 0.25) is 0 Å². The Kier molecular flexibility index (Phi) is 7.90. The molecule has 2 aromatic carbocycles. The molecule has 1 atom stereocenters. The lowest BCUT2D eigenvalue weighted by molar-refractivity contribution is -0.123. The maximum atomic E-state index is 13.6. The molecule has 5 rings (SSSR count). The molecule has 0 bridgehead atoms. The van der Waals surface area contributed by atoms with Crippen LogP contribution in [0, 0.1) is 0 Å². The Morgan fingerprint density at radius 1 is 1.08 bits per heavy atom. The van der Waals surface area contributed by atoms with Gasteiger partial charge in [0, 0.05) is 53.1 Å². The summed E-state index contributed by atoms with van der Waals surface area (Å²) in [6.45, 7) is 9.90. The van der Waals surface area contributed by atoms with E-state index in [1.165, 1.54) is 11.3 Å². The molecule has 0 saturated carbocycles. The predicted molar refractivity (Wildman–Crippen MR) is 153 cm³/mol. The highest BCUT2D eigenvalue weighted by atomic mass is 32.1. The molecule has 8 nitrogen and oxygen atoms in total. The third kappa shape index (κ3) is 5.79. The van der Waals surface area contributed by atoms with E-state index >= 15 is 0 Å². The van der Waals surface area contributed by atoms with Crippen LogP contribution in [0.5, 0.6) is 5.75 Å². The number of anilines is 1. The molecule has 0 aliphatic carbocycles. The van der Waals surface area contributed by atoms with Crippen molar-refractivity contribution in [2.45, 2.75) is 52.8 Å². The Morgan fingerprint density at radius 2 is 1.85 bits per heavy atom. The van der Waals surface area contributed by atoms with Crippen molar-refractivity contribution < 1.29 is 19.1 Å². The van der Waals surface area contributed by atoms with Gasteiger partial charge in [0.15, 0.2) is 11.2 Å². The largest absolute Gasteiger partial charge is 0.494 e. The van der Waals surface area contributed by atoms with Crippen molar-refractivity contribution >= 4 is 39.2 Å². The molecule has 39 heavy (non-hydrogen) atoms.